The van der Waals surface area contributed by atoms with Crippen LogP contribution in [-0.2, 0) is 18.8 Å². The Morgan fingerprint density at radius 1 is 0.917 bits per heavy atom. The summed E-state index contributed by atoms with van der Waals surface area (Å²) in [5.74, 6) is 38.2. The molecule has 1 saturated heterocycles. The van der Waals surface area contributed by atoms with Crippen LogP contribution in [0.5, 0.6) is 0 Å². The number of terminal acetylenes is 2. The lowest BCUT2D eigenvalue weighted by Gasteiger charge is -2.42. The fourth-order valence-corrected chi connectivity index (χ4v) is 5.85. The summed E-state index contributed by atoms with van der Waals surface area (Å²) in [4.78, 5) is 7.80. The molecule has 3 aromatic rings. The second-order valence-electron chi connectivity index (χ2n) is 9.58. The van der Waals surface area contributed by atoms with Crippen LogP contribution in [0.3, 0.4) is 0 Å². The van der Waals surface area contributed by atoms with Crippen molar-refractivity contribution < 1.29 is 12.8 Å². The number of anilines is 1. The Morgan fingerprint density at radius 2 is 1.46 bits per heavy atom. The van der Waals surface area contributed by atoms with Crippen molar-refractivity contribution in [2.75, 3.05) is 18.0 Å². The molecule has 12 heteroatoms. The van der Waals surface area contributed by atoms with Crippen LogP contribution in [-0.4, -0.2) is 27.7 Å². The quantitative estimate of drug-likeness (QED) is 0.186. The first-order chi connectivity index (χ1) is 23.5. The van der Waals surface area contributed by atoms with E-state index in [0.29, 0.717) is 0 Å². The monoisotopic (exact) mass is 678 g/mol. The second-order valence-corrected chi connectivity index (χ2v) is 10.7. The Kier molecular flexibility index (Phi) is 14.7. The van der Waals surface area contributed by atoms with E-state index in [-0.39, 0.29) is 24.3 Å². The van der Waals surface area contributed by atoms with Crippen LogP contribution in [0.1, 0.15) is 48.5 Å². The number of hydrogen-bond donors (Lipinski definition) is 2. The fraction of sp³-hybridized carbons (Fsp3) is 0.222. The number of piperidine rings is 1. The number of rotatable bonds is 3. The normalized spacial score (nSPS) is 13.7. The summed E-state index contributed by atoms with van der Waals surface area (Å²) in [6.45, 7) is 4.10. The number of benzene rings is 1. The highest BCUT2D eigenvalue weighted by Gasteiger charge is 2.46. The molecule has 1 aromatic carbocycles. The Labute approximate surface area is 302 Å². The van der Waals surface area contributed by atoms with Crippen LogP contribution in [0, 0.1) is 125 Å². The van der Waals surface area contributed by atoms with Gasteiger partial charge in [-0.05, 0) is 153 Å². The zero-order valence-electron chi connectivity index (χ0n) is 25.6. The third-order valence-electron chi connectivity index (χ3n) is 6.95. The van der Waals surface area contributed by atoms with Gasteiger partial charge in [-0.1, -0.05) is 40.1 Å². The van der Waals surface area contributed by atoms with E-state index in [9.17, 15) is 0 Å². The standard InChI is InChI=1S/C18H21N5S.C18H2.HN5S.9H2/c1-12-11-20-16-23(12)21-17(24-16)22-8-6-18(7-9-22)10-13-4-2-3-5-14(13)15(18)19;1-3-5-7-9-11-13-15-17-18-16-14-12-10-8-6-4-2;1-2-3-4-5-6;;;;;;;;;/h2-5,11,15H,6-10,19H2,1H3;1-2H;1H;9*1H/b;;2-1?,4-3+;;;;;;;;;/t15-;;;;;;;;;;;/m1.........../s1. The molecule has 0 bridgehead atoms. The molecule has 0 radical (unpaired) electrons. The molecule has 2 aromatic heterocycles. The number of hydrogen-bond acceptors (Lipinski definition) is 7. The van der Waals surface area contributed by atoms with Crippen LogP contribution < -0.4 is 10.6 Å². The third kappa shape index (κ3) is 10.5. The van der Waals surface area contributed by atoms with Gasteiger partial charge < -0.3 is 10.6 Å². The number of imidazole rings is 1. The Balaban J connectivity index is -0.000000138. The minimum atomic E-state index is 0. The molecule has 48 heavy (non-hydrogen) atoms. The SMILES string of the molecule is C#CC#CC#CC#CC#CC#CC#CC#CC#C.Cc1cnc2sc(N3CCC4(CC3)Cc3ccccc3[C@H]4N)nn12.N=N/N=N/N=S.[HH].[HH].[HH].[HH].[HH].[HH].[HH].[HH].[HH]. The zero-order chi connectivity index (χ0) is 34.5. The highest BCUT2D eigenvalue weighted by molar-refractivity contribution is 7.47. The maximum absolute atomic E-state index is 6.66. The largest absolute Gasteiger partial charge is 0.347 e. The summed E-state index contributed by atoms with van der Waals surface area (Å²) >= 11 is 5.62. The lowest BCUT2D eigenvalue weighted by molar-refractivity contribution is 0.187. The third-order valence-corrected chi connectivity index (χ3v) is 8.00. The van der Waals surface area contributed by atoms with E-state index in [2.05, 4.69) is 161 Å². The summed E-state index contributed by atoms with van der Waals surface area (Å²) in [5, 5.41) is 13.8. The van der Waals surface area contributed by atoms with Crippen molar-refractivity contribution in [3.63, 3.8) is 0 Å². The van der Waals surface area contributed by atoms with Crippen molar-refractivity contribution >= 4 is 33.9 Å². The van der Waals surface area contributed by atoms with Gasteiger partial charge >= 0.3 is 0 Å². The molecule has 0 unspecified atom stereocenters. The number of nitrogens with zero attached hydrogens (tertiary/aromatic N) is 8. The number of fused-ring (bicyclic) bond motifs is 2. The van der Waals surface area contributed by atoms with Crippen LogP contribution in [0.15, 0.2) is 50.6 Å². The average Bonchev–Trinajstić information content (AvgIpc) is 3.77. The van der Waals surface area contributed by atoms with Gasteiger partial charge in [-0.25, -0.2) is 9.50 Å². The molecule has 2 aliphatic rings. The predicted molar refractivity (Wildman–Crippen MR) is 207 cm³/mol. The molecule has 1 aliphatic carbocycles. The zero-order valence-corrected chi connectivity index (χ0v) is 27.3. The Morgan fingerprint density at radius 3 is 1.92 bits per heavy atom. The van der Waals surface area contributed by atoms with E-state index < -0.39 is 0 Å². The number of nitrogens with two attached hydrogens (primary N) is 1. The molecule has 10 nitrogen and oxygen atoms in total. The van der Waals surface area contributed by atoms with Crippen LogP contribution in [0.2, 0.25) is 0 Å². The van der Waals surface area contributed by atoms with E-state index >= 15 is 0 Å². The molecule has 5 rings (SSSR count). The molecule has 248 valence electrons. The minimum absolute atomic E-state index is 0. The lowest BCUT2D eigenvalue weighted by atomic mass is 9.73. The Hall–Kier alpha value is -6.66. The Bertz CT molecular complexity index is 2180. The molecular weight excluding hydrogens is 637 g/mol. The van der Waals surface area contributed by atoms with Gasteiger partial charge in [-0.3, -0.25) is 0 Å². The van der Waals surface area contributed by atoms with Crippen LogP contribution >= 0.6 is 11.3 Å². The van der Waals surface area contributed by atoms with E-state index in [1.807, 2.05) is 17.6 Å². The van der Waals surface area contributed by atoms with Crippen molar-refractivity contribution in [1.82, 2.24) is 14.6 Å². The van der Waals surface area contributed by atoms with E-state index in [1.165, 1.54) is 11.1 Å². The van der Waals surface area contributed by atoms with Gasteiger partial charge in [-0.2, -0.15) is 5.53 Å². The van der Waals surface area contributed by atoms with Crippen molar-refractivity contribution in [2.24, 2.45) is 31.3 Å². The molecular formula is C36H42N10S2. The summed E-state index contributed by atoms with van der Waals surface area (Å²) in [6.07, 6.45) is 15.0. The molecule has 1 aliphatic heterocycles. The number of aromatic nitrogens is 3. The summed E-state index contributed by atoms with van der Waals surface area (Å²) in [7, 11) is 0. The van der Waals surface area contributed by atoms with E-state index in [4.69, 9.17) is 29.2 Å². The molecule has 3 heterocycles. The van der Waals surface area contributed by atoms with Crippen molar-refractivity contribution in [3.05, 3.63) is 47.3 Å². The highest BCUT2D eigenvalue weighted by Crippen LogP contribution is 2.51. The van der Waals surface area contributed by atoms with Gasteiger partial charge in [0.25, 0.3) is 0 Å². The lowest BCUT2D eigenvalue weighted by Crippen LogP contribution is -2.44. The number of aryl methyl sites for hydroxylation is 1. The maximum atomic E-state index is 6.66. The molecule has 0 saturated carbocycles. The maximum Gasteiger partial charge on any atom is 0.214 e. The fourth-order valence-electron chi connectivity index (χ4n) is 4.85. The van der Waals surface area contributed by atoms with E-state index in [1.54, 1.807) is 11.3 Å². The summed E-state index contributed by atoms with van der Waals surface area (Å²) in [5.41, 5.74) is 16.7. The number of nitrogens with one attached hydrogen (secondary N) is 1. The molecule has 1 atom stereocenters. The predicted octanol–water partition coefficient (Wildman–Crippen LogP) is 6.46. The van der Waals surface area contributed by atoms with Crippen molar-refractivity contribution in [1.29, 1.82) is 5.53 Å². The second kappa shape index (κ2) is 19.7. The van der Waals surface area contributed by atoms with Gasteiger partial charge in [0.15, 0.2) is 0 Å². The van der Waals surface area contributed by atoms with Crippen molar-refractivity contribution in [2.45, 2.75) is 32.2 Å². The van der Waals surface area contributed by atoms with Gasteiger partial charge in [0, 0.05) is 32.0 Å². The van der Waals surface area contributed by atoms with Gasteiger partial charge in [0.2, 0.25) is 10.1 Å². The summed E-state index contributed by atoms with van der Waals surface area (Å²) < 4.78 is 4.70. The highest BCUT2D eigenvalue weighted by atomic mass is 32.1. The average molecular weight is 679 g/mol. The van der Waals surface area contributed by atoms with Crippen LogP contribution in [0.25, 0.3) is 4.96 Å². The molecule has 1 fully saturated rings. The van der Waals surface area contributed by atoms with Crippen molar-refractivity contribution in [3.8, 4) is 108 Å². The van der Waals surface area contributed by atoms with Gasteiger partial charge in [0.1, 0.15) is 0 Å². The van der Waals surface area contributed by atoms with E-state index in [0.717, 1.165) is 48.1 Å². The topological polar surface area (TPSA) is 133 Å². The molecule has 0 amide bonds. The first kappa shape index (κ1) is 35.8. The smallest absolute Gasteiger partial charge is 0.214 e. The molecule has 1 spiro atoms. The van der Waals surface area contributed by atoms with Crippen LogP contribution in [0.4, 0.5) is 5.13 Å². The van der Waals surface area contributed by atoms with Gasteiger partial charge in [-0.15, -0.1) is 17.9 Å². The first-order valence-corrected chi connectivity index (χ1v) is 15.1. The van der Waals surface area contributed by atoms with Gasteiger partial charge in [0.05, 0.1) is 24.3 Å². The summed E-state index contributed by atoms with van der Waals surface area (Å²) in [6, 6.07) is 8.87. The first-order valence-electron chi connectivity index (χ1n) is 13.9. The molecule has 3 N–H and O–H groups in total. The minimum Gasteiger partial charge on any atom is -0.347 e.